The SMILES string of the molecule is CC(=O)O.CC(C)(C)OC(=O)C[C@@H](/C=C/S(C)(=O)=O)NC(=O)OC(C)(C)C.CC(C)(C)OC(=O)C[C@@H](C=O)NC(=O)OC(C)(C)C.CC(C)(C)OC(=O)C[C@H]([NH3+])/C=C/S(C)(=O)=O.CCOP(=O)(CS(C)(=O)=O)OCC.CCOP(=O)(CSC)OCC.Cc1ccc(S(=O)(=O)O)cc1.Cc1ccc(S(=O)(=O)[O-])cc1.OO. The fourth-order valence-electron chi connectivity index (χ4n) is 6.37. The molecule has 9 N–H and O–H groups in total. The monoisotopic (exact) mass is 1740 g/mol. The molecule has 0 aliphatic carbocycles. The van der Waals surface area contributed by atoms with Crippen LogP contribution in [0.25, 0.3) is 0 Å². The van der Waals surface area contributed by atoms with Gasteiger partial charge in [-0.05, 0) is 182 Å². The molecule has 0 saturated heterocycles. The number of carbonyl (C=O) groups is 7. The van der Waals surface area contributed by atoms with Gasteiger partial charge in [0.1, 0.15) is 56.9 Å². The van der Waals surface area contributed by atoms with Crippen molar-refractivity contribution in [3.63, 3.8) is 0 Å². The van der Waals surface area contributed by atoms with Gasteiger partial charge >= 0.3 is 45.3 Å². The number of quaternary nitrogens is 1. The summed E-state index contributed by atoms with van der Waals surface area (Å²) in [5.41, 5.74) is 2.23. The molecule has 0 aliphatic rings. The standard InChI is InChI=1S/C15H27NO6S.C13H23NO5.C10H19NO4S.2C7H8O3S.C6H15O5PS.C6H15O3PS.C2H4O2.H2O2/c1-14(2,3)21-12(17)10-11(8-9-23(7,19)20)16-13(18)22-15(4,5)6;1-12(2,3)18-10(16)7-9(8-15)14-11(17)19-13(4,5)6;1-10(2,3)15-9(12)7-8(11)5-6-16(4,13)14;2*1-6-2-4-7(5-3-6)11(8,9)10;1-4-10-12(7,11-5-2)6-13(3,8)9;1-4-8-10(7,6-11-3)9-5-2;1-2(3)4;1-2/h8-9,11H,10H2,1-7H3,(H,16,18);8-9H,7H2,1-6H3,(H,14,17);5-6,8H,7,11H2,1-4H3;2*2-5H,1H3,(H,8,9,10);4-6H2,1-3H3;4-6H2,1-3H3;1H3,(H,3,4);1-2H/b9-8+;;6-5+;;;;;;/t11-;9-;8-;;;;;;/m101....../s1. The number of ether oxygens (including phenoxy) is 5. The zero-order valence-electron chi connectivity index (χ0n) is 67.8. The molecule has 0 unspecified atom stereocenters. The lowest BCUT2D eigenvalue weighted by Crippen LogP contribution is -2.60. The van der Waals surface area contributed by atoms with Gasteiger partial charge in [-0.25, -0.2) is 43.3 Å². The van der Waals surface area contributed by atoms with E-state index in [1.807, 2.05) is 34.0 Å². The Morgan fingerprint density at radius 1 is 0.518 bits per heavy atom. The van der Waals surface area contributed by atoms with Crippen molar-refractivity contribution < 1.29 is 157 Å². The maximum atomic E-state index is 11.9. The quantitative estimate of drug-likeness (QED) is 0.00831. The van der Waals surface area contributed by atoms with E-state index >= 15 is 0 Å². The Morgan fingerprint density at radius 2 is 0.800 bits per heavy atom. The second-order valence-corrected chi connectivity index (χ2v) is 42.2. The average molecular weight is 1740 g/mol. The second kappa shape index (κ2) is 55.6. The molecule has 110 heavy (non-hydrogen) atoms. The lowest BCUT2D eigenvalue weighted by Gasteiger charge is -2.23. The summed E-state index contributed by atoms with van der Waals surface area (Å²) in [6.07, 6.45) is 6.23. The van der Waals surface area contributed by atoms with Gasteiger partial charge in [-0.1, -0.05) is 41.5 Å². The van der Waals surface area contributed by atoms with Crippen LogP contribution in [0.3, 0.4) is 0 Å². The Kier molecular flexibility index (Phi) is 59.4. The fraction of sp³-hybridized carbons (Fsp3) is 0.652. The molecular weight excluding hydrogens is 1620 g/mol. The number of nitrogens with one attached hydrogen (secondary N) is 2. The number of carboxylic acid groups (broad SMARTS) is 1. The van der Waals surface area contributed by atoms with Gasteiger partial charge < -0.3 is 72.6 Å². The minimum atomic E-state index is -4.27. The molecule has 0 aromatic heterocycles. The van der Waals surface area contributed by atoms with Crippen molar-refractivity contribution in [3.05, 3.63) is 82.6 Å². The Balaban J connectivity index is -0.000000226. The van der Waals surface area contributed by atoms with Crippen molar-refractivity contribution in [1.82, 2.24) is 10.6 Å². The number of aldehydes is 1. The molecular formula is C66H121N3O33P2S6. The summed E-state index contributed by atoms with van der Waals surface area (Å²) >= 11 is 1.48. The van der Waals surface area contributed by atoms with E-state index in [1.165, 1.54) is 48.2 Å². The number of carboxylic acids is 1. The molecule has 0 spiro atoms. The molecule has 3 atom stereocenters. The van der Waals surface area contributed by atoms with Crippen molar-refractivity contribution in [2.45, 2.75) is 228 Å². The highest BCUT2D eigenvalue weighted by Gasteiger charge is 2.30. The van der Waals surface area contributed by atoms with Gasteiger partial charge in [0.15, 0.2) is 35.0 Å². The number of carbonyl (C=O) groups excluding carboxylic acids is 6. The number of aliphatic carboxylic acids is 1. The summed E-state index contributed by atoms with van der Waals surface area (Å²) < 4.78 is 195. The average Bonchev–Trinajstić information content (AvgIpc) is 0.875. The van der Waals surface area contributed by atoms with Gasteiger partial charge in [-0.15, -0.1) is 0 Å². The van der Waals surface area contributed by atoms with Crippen LogP contribution in [0.5, 0.6) is 0 Å². The lowest BCUT2D eigenvalue weighted by molar-refractivity contribution is -0.402. The number of thioether (sulfide) groups is 1. The molecule has 44 heteroatoms. The third kappa shape index (κ3) is 84.7. The van der Waals surface area contributed by atoms with E-state index in [0.717, 1.165) is 47.6 Å². The molecule has 644 valence electrons. The minimum Gasteiger partial charge on any atom is -0.744 e. The number of hydrogen-bond acceptors (Lipinski definition) is 32. The van der Waals surface area contributed by atoms with E-state index in [-0.39, 0.29) is 48.2 Å². The first-order valence-corrected chi connectivity index (χ1v) is 46.5. The highest BCUT2D eigenvalue weighted by atomic mass is 32.2. The topological polar surface area (TPSA) is 563 Å². The predicted octanol–water partition coefficient (Wildman–Crippen LogP) is 9.94. The zero-order valence-corrected chi connectivity index (χ0v) is 74.5. The van der Waals surface area contributed by atoms with Crippen molar-refractivity contribution in [3.8, 4) is 0 Å². The number of amides is 2. The molecule has 2 aromatic carbocycles. The molecule has 2 amide bonds. The second-order valence-electron chi connectivity index (χ2n) is 27.5. The Morgan fingerprint density at radius 3 is 1.06 bits per heavy atom. The predicted molar refractivity (Wildman–Crippen MR) is 417 cm³/mol. The first kappa shape index (κ1) is 117. The van der Waals surface area contributed by atoms with Crippen LogP contribution in [0.15, 0.2) is 81.3 Å². The van der Waals surface area contributed by atoms with Crippen molar-refractivity contribution >= 4 is 119 Å². The van der Waals surface area contributed by atoms with Gasteiger partial charge in [0, 0.05) is 36.5 Å². The summed E-state index contributed by atoms with van der Waals surface area (Å²) in [6.45, 7) is 38.7. The number of rotatable bonds is 27. The molecule has 0 radical (unpaired) electrons. The normalized spacial score (nSPS) is 12.8. The summed E-state index contributed by atoms with van der Waals surface area (Å²) in [5.74, 6) is -2.33. The third-order valence-electron chi connectivity index (χ3n) is 9.80. The highest BCUT2D eigenvalue weighted by Crippen LogP contribution is 2.50. The molecule has 0 bridgehead atoms. The third-order valence-corrected chi connectivity index (χ3v) is 20.9. The van der Waals surface area contributed by atoms with Crippen LogP contribution < -0.4 is 16.4 Å². The maximum Gasteiger partial charge on any atom is 0.408 e. The van der Waals surface area contributed by atoms with Crippen LogP contribution in [0, 0.1) is 13.8 Å². The lowest BCUT2D eigenvalue weighted by atomic mass is 10.1. The number of benzene rings is 2. The zero-order chi connectivity index (χ0) is 88.5. The van der Waals surface area contributed by atoms with Gasteiger partial charge in [0.25, 0.3) is 16.1 Å². The summed E-state index contributed by atoms with van der Waals surface area (Å²) in [4.78, 5) is 77.6. The number of hydrogen-bond donors (Lipinski definition) is 7. The summed E-state index contributed by atoms with van der Waals surface area (Å²) in [5, 5.41) is 26.2. The van der Waals surface area contributed by atoms with E-state index in [4.69, 9.17) is 66.7 Å². The number of alkyl carbamates (subject to hydrolysis) is 2. The Hall–Kier alpha value is -5.79. The Bertz CT molecular complexity index is 3630. The maximum absolute atomic E-state index is 11.9. The molecule has 0 saturated carbocycles. The summed E-state index contributed by atoms with van der Waals surface area (Å²) in [7, 11) is -24.4. The van der Waals surface area contributed by atoms with Crippen LogP contribution in [-0.4, -0.2) is 218 Å². The molecule has 0 aliphatic heterocycles. The van der Waals surface area contributed by atoms with Crippen molar-refractivity contribution in [2.75, 3.05) is 62.4 Å². The summed E-state index contributed by atoms with van der Waals surface area (Å²) in [6, 6.07) is 9.57. The minimum absolute atomic E-state index is 0.0666. The van der Waals surface area contributed by atoms with Crippen molar-refractivity contribution in [1.29, 1.82) is 0 Å². The van der Waals surface area contributed by atoms with Crippen LogP contribution in [0.2, 0.25) is 0 Å². The van der Waals surface area contributed by atoms with Gasteiger partial charge in [-0.3, -0.25) is 43.4 Å². The fourth-order valence-corrected chi connectivity index (χ4v) is 14.8. The molecule has 0 fully saturated rings. The molecule has 2 rings (SSSR count). The first-order valence-electron chi connectivity index (χ1n) is 32.8. The van der Waals surface area contributed by atoms with Gasteiger partial charge in [0.2, 0.25) is 0 Å². The van der Waals surface area contributed by atoms with E-state index in [2.05, 4.69) is 16.4 Å². The largest absolute Gasteiger partial charge is 0.744 e. The van der Waals surface area contributed by atoms with Crippen LogP contribution in [0.1, 0.15) is 169 Å². The highest BCUT2D eigenvalue weighted by molar-refractivity contribution is 8.04. The van der Waals surface area contributed by atoms with E-state index in [9.17, 15) is 84.5 Å². The van der Waals surface area contributed by atoms with Gasteiger partial charge in [0.05, 0.1) is 66.6 Å². The van der Waals surface area contributed by atoms with Gasteiger partial charge in [-0.2, -0.15) is 20.2 Å². The molecule has 2 aromatic rings. The van der Waals surface area contributed by atoms with E-state index < -0.39 is 147 Å². The molecule has 0 heterocycles. The van der Waals surface area contributed by atoms with E-state index in [0.29, 0.717) is 25.0 Å². The smallest absolute Gasteiger partial charge is 0.408 e. The van der Waals surface area contributed by atoms with Crippen LogP contribution >= 0.6 is 27.0 Å². The number of aryl methyl sites for hydroxylation is 2. The number of esters is 3. The first-order chi connectivity index (χ1) is 49.2. The van der Waals surface area contributed by atoms with Crippen LogP contribution in [-0.2, 0) is 125 Å². The molecule has 36 nitrogen and oxygen atoms in total. The van der Waals surface area contributed by atoms with Crippen LogP contribution in [0.4, 0.5) is 9.59 Å². The van der Waals surface area contributed by atoms with Crippen molar-refractivity contribution in [2.24, 2.45) is 0 Å². The number of sulfone groups is 3. The Labute approximate surface area is 655 Å². The van der Waals surface area contributed by atoms with E-state index in [1.54, 1.807) is 142 Å².